The molecule has 17 heavy (non-hydrogen) atoms. The van der Waals surface area contributed by atoms with Crippen LogP contribution >= 0.6 is 0 Å². The van der Waals surface area contributed by atoms with Gasteiger partial charge in [0.25, 0.3) is 0 Å². The summed E-state index contributed by atoms with van der Waals surface area (Å²) in [6.45, 7) is 4.08. The van der Waals surface area contributed by atoms with E-state index in [-0.39, 0.29) is 0 Å². The largest absolute Gasteiger partial charge is 0.313 e. The minimum absolute atomic E-state index is 0.907. The molecule has 2 heteroatoms. The molecule has 0 spiro atoms. The third-order valence-electron chi connectivity index (χ3n) is 5.28. The van der Waals surface area contributed by atoms with E-state index in [2.05, 4.69) is 10.2 Å². The van der Waals surface area contributed by atoms with Crippen LogP contribution in [-0.4, -0.2) is 36.6 Å². The minimum atomic E-state index is 0.907. The van der Waals surface area contributed by atoms with Gasteiger partial charge in [-0.3, -0.25) is 0 Å². The third kappa shape index (κ3) is 2.53. The van der Waals surface area contributed by atoms with Gasteiger partial charge >= 0.3 is 0 Å². The van der Waals surface area contributed by atoms with Crippen molar-refractivity contribution in [1.29, 1.82) is 0 Å². The molecule has 4 rings (SSSR count). The van der Waals surface area contributed by atoms with Gasteiger partial charge in [-0.25, -0.2) is 0 Å². The van der Waals surface area contributed by atoms with Crippen LogP contribution < -0.4 is 5.32 Å². The van der Waals surface area contributed by atoms with E-state index < -0.39 is 0 Å². The zero-order chi connectivity index (χ0) is 11.2. The summed E-state index contributed by atoms with van der Waals surface area (Å²) in [7, 11) is 0. The fraction of sp³-hybridized carbons (Fsp3) is 1.00. The first-order valence-corrected chi connectivity index (χ1v) is 7.87. The van der Waals surface area contributed by atoms with E-state index >= 15 is 0 Å². The summed E-state index contributed by atoms with van der Waals surface area (Å²) < 4.78 is 0. The average Bonchev–Trinajstić information content (AvgIpc) is 3.19. The highest BCUT2D eigenvalue weighted by Crippen LogP contribution is 2.44. The fourth-order valence-electron chi connectivity index (χ4n) is 3.73. The summed E-state index contributed by atoms with van der Waals surface area (Å²) in [5.41, 5.74) is 0. The van der Waals surface area contributed by atoms with Crippen molar-refractivity contribution in [2.24, 2.45) is 17.8 Å². The van der Waals surface area contributed by atoms with Crippen molar-refractivity contribution in [2.75, 3.05) is 19.6 Å². The molecule has 0 radical (unpaired) electrons. The fourth-order valence-corrected chi connectivity index (χ4v) is 3.73. The minimum Gasteiger partial charge on any atom is -0.313 e. The molecule has 4 fully saturated rings. The molecule has 4 aliphatic rings. The molecule has 2 nitrogen and oxygen atoms in total. The van der Waals surface area contributed by atoms with Crippen LogP contribution in [0, 0.1) is 17.8 Å². The lowest BCUT2D eigenvalue weighted by atomic mass is 10.0. The molecule has 0 aromatic rings. The van der Waals surface area contributed by atoms with Crippen molar-refractivity contribution >= 4 is 0 Å². The average molecular weight is 234 g/mol. The van der Waals surface area contributed by atoms with E-state index in [9.17, 15) is 0 Å². The van der Waals surface area contributed by atoms with E-state index in [0.717, 1.165) is 29.8 Å². The number of likely N-dealkylation sites (tertiary alicyclic amines) is 1. The summed E-state index contributed by atoms with van der Waals surface area (Å²) in [4.78, 5) is 2.75. The normalized spacial score (nSPS) is 34.8. The Morgan fingerprint density at radius 3 is 2.24 bits per heavy atom. The van der Waals surface area contributed by atoms with Gasteiger partial charge in [-0.1, -0.05) is 0 Å². The highest BCUT2D eigenvalue weighted by Gasteiger charge is 2.41. The first-order chi connectivity index (χ1) is 8.40. The van der Waals surface area contributed by atoms with Gasteiger partial charge in [-0.15, -0.1) is 0 Å². The summed E-state index contributed by atoms with van der Waals surface area (Å²) in [5.74, 6) is 3.07. The molecule has 3 saturated carbocycles. The molecule has 0 aromatic carbocycles. The van der Waals surface area contributed by atoms with E-state index in [1.807, 2.05) is 0 Å². The van der Waals surface area contributed by atoms with Crippen molar-refractivity contribution in [3.8, 4) is 0 Å². The van der Waals surface area contributed by atoms with Crippen LogP contribution in [0.15, 0.2) is 0 Å². The Kier molecular flexibility index (Phi) is 2.69. The highest BCUT2D eigenvalue weighted by atomic mass is 15.2. The number of nitrogens with zero attached hydrogens (tertiary/aromatic N) is 1. The molecule has 96 valence electrons. The Bertz CT molecular complexity index is 267. The van der Waals surface area contributed by atoms with Crippen LogP contribution in [0.25, 0.3) is 0 Å². The summed E-state index contributed by atoms with van der Waals surface area (Å²) in [5, 5.41) is 3.94. The van der Waals surface area contributed by atoms with Crippen LogP contribution in [0.5, 0.6) is 0 Å². The number of hydrogen-bond acceptors (Lipinski definition) is 2. The topological polar surface area (TPSA) is 15.3 Å². The van der Waals surface area contributed by atoms with Crippen LogP contribution in [-0.2, 0) is 0 Å². The summed E-state index contributed by atoms with van der Waals surface area (Å²) in [6.07, 6.45) is 10.4. The molecule has 1 heterocycles. The van der Waals surface area contributed by atoms with Crippen LogP contribution in [0.4, 0.5) is 0 Å². The lowest BCUT2D eigenvalue weighted by Crippen LogP contribution is -2.37. The summed E-state index contributed by atoms with van der Waals surface area (Å²) >= 11 is 0. The Morgan fingerprint density at radius 1 is 0.941 bits per heavy atom. The number of nitrogens with one attached hydrogen (secondary N) is 1. The highest BCUT2D eigenvalue weighted by molar-refractivity contribution is 4.97. The molecule has 1 unspecified atom stereocenters. The zero-order valence-electron chi connectivity index (χ0n) is 10.9. The maximum Gasteiger partial charge on any atom is 0.0124 e. The molecule has 3 aliphatic carbocycles. The third-order valence-corrected chi connectivity index (χ3v) is 5.28. The molecule has 1 atom stereocenters. The Morgan fingerprint density at radius 2 is 1.65 bits per heavy atom. The van der Waals surface area contributed by atoms with Crippen molar-refractivity contribution < 1.29 is 0 Å². The van der Waals surface area contributed by atoms with E-state index in [1.54, 1.807) is 0 Å². The van der Waals surface area contributed by atoms with Crippen molar-refractivity contribution in [1.82, 2.24) is 10.2 Å². The van der Waals surface area contributed by atoms with Crippen molar-refractivity contribution in [3.63, 3.8) is 0 Å². The molecule has 0 aromatic heterocycles. The number of rotatable bonds is 6. The van der Waals surface area contributed by atoms with Crippen molar-refractivity contribution in [2.45, 2.75) is 57.0 Å². The lowest BCUT2D eigenvalue weighted by molar-refractivity contribution is 0.304. The van der Waals surface area contributed by atoms with Gasteiger partial charge in [0.2, 0.25) is 0 Å². The molecule has 0 amide bonds. The maximum absolute atomic E-state index is 3.94. The standard InChI is InChI=1S/C15H26N2/c1-2-12(1)15(13-3-4-13)16-9-11-7-8-17(10-11)14-5-6-14/h11-16H,1-10H2. The lowest BCUT2D eigenvalue weighted by Gasteiger charge is -2.21. The van der Waals surface area contributed by atoms with Gasteiger partial charge in [0.1, 0.15) is 0 Å². The quantitative estimate of drug-likeness (QED) is 0.758. The second-order valence-corrected chi connectivity index (χ2v) is 6.99. The molecule has 1 N–H and O–H groups in total. The van der Waals surface area contributed by atoms with Crippen LogP contribution in [0.2, 0.25) is 0 Å². The Hall–Kier alpha value is -0.0800. The molecule has 0 bridgehead atoms. The Labute approximate surface area is 105 Å². The monoisotopic (exact) mass is 234 g/mol. The Balaban J connectivity index is 1.24. The van der Waals surface area contributed by atoms with Gasteiger partial charge in [-0.2, -0.15) is 0 Å². The second kappa shape index (κ2) is 4.24. The summed E-state index contributed by atoms with van der Waals surface area (Å²) in [6, 6.07) is 1.90. The molecule has 1 aliphatic heterocycles. The van der Waals surface area contributed by atoms with Gasteiger partial charge in [0, 0.05) is 18.6 Å². The zero-order valence-corrected chi connectivity index (χ0v) is 10.9. The molecular weight excluding hydrogens is 208 g/mol. The van der Waals surface area contributed by atoms with E-state index in [0.29, 0.717) is 0 Å². The van der Waals surface area contributed by atoms with Gasteiger partial charge in [0.15, 0.2) is 0 Å². The predicted octanol–water partition coefficient (Wildman–Crippen LogP) is 2.25. The maximum atomic E-state index is 3.94. The van der Waals surface area contributed by atoms with E-state index in [4.69, 9.17) is 0 Å². The molecular formula is C15H26N2. The number of hydrogen-bond donors (Lipinski definition) is 1. The first-order valence-electron chi connectivity index (χ1n) is 7.87. The molecule has 1 saturated heterocycles. The van der Waals surface area contributed by atoms with Gasteiger partial charge < -0.3 is 10.2 Å². The first kappa shape index (κ1) is 10.8. The van der Waals surface area contributed by atoms with Gasteiger partial charge in [-0.05, 0) is 75.8 Å². The smallest absolute Gasteiger partial charge is 0.0124 e. The van der Waals surface area contributed by atoms with Crippen LogP contribution in [0.3, 0.4) is 0 Å². The predicted molar refractivity (Wildman–Crippen MR) is 69.9 cm³/mol. The van der Waals surface area contributed by atoms with E-state index in [1.165, 1.54) is 64.6 Å². The SMILES string of the molecule is C1CN(C2CC2)CC1CNC(C1CC1)C1CC1. The van der Waals surface area contributed by atoms with Crippen LogP contribution in [0.1, 0.15) is 44.9 Å². The van der Waals surface area contributed by atoms with Crippen molar-refractivity contribution in [3.05, 3.63) is 0 Å². The second-order valence-electron chi connectivity index (χ2n) is 6.99. The van der Waals surface area contributed by atoms with Gasteiger partial charge in [0.05, 0.1) is 0 Å².